The predicted molar refractivity (Wildman–Crippen MR) is 70.3 cm³/mol. The van der Waals surface area contributed by atoms with Crippen LogP contribution in [0.15, 0.2) is 29.2 Å². The molecule has 1 aromatic heterocycles. The van der Waals surface area contributed by atoms with Crippen LogP contribution in [0.2, 0.25) is 0 Å². The molecule has 2 aromatic rings. The van der Waals surface area contributed by atoms with E-state index in [9.17, 15) is 8.42 Å². The fraction of sp³-hybridized carbons (Fsp3) is 0.333. The lowest BCUT2D eigenvalue weighted by Gasteiger charge is -2.16. The van der Waals surface area contributed by atoms with Gasteiger partial charge in [-0.05, 0) is 12.1 Å². The molecule has 0 spiro atoms. The lowest BCUT2D eigenvalue weighted by Crippen LogP contribution is -2.28. The maximum atomic E-state index is 11.6. The van der Waals surface area contributed by atoms with E-state index in [0.29, 0.717) is 11.4 Å². The summed E-state index contributed by atoms with van der Waals surface area (Å²) in [6.07, 6.45) is 1.20. The Balaban J connectivity index is 2.10. The van der Waals surface area contributed by atoms with Crippen molar-refractivity contribution in [2.24, 2.45) is 0 Å². The van der Waals surface area contributed by atoms with Gasteiger partial charge < -0.3 is 9.88 Å². The van der Waals surface area contributed by atoms with Crippen molar-refractivity contribution in [3.05, 3.63) is 30.1 Å². The Morgan fingerprint density at radius 1 is 1.32 bits per heavy atom. The molecule has 1 aliphatic heterocycles. The average Bonchev–Trinajstić information content (AvgIpc) is 2.82. The van der Waals surface area contributed by atoms with Gasteiger partial charge in [0.25, 0.3) is 0 Å². The van der Waals surface area contributed by atoms with Gasteiger partial charge in [-0.15, -0.1) is 10.2 Å². The molecule has 0 fully saturated rings. The Morgan fingerprint density at radius 2 is 2.16 bits per heavy atom. The number of hydrogen-bond donors (Lipinski definition) is 1. The standard InChI is InChI=1S/C12H14N4O2S/c1-19(17,18)10-4-2-3-9(7-10)12-15-14-11-8-13-5-6-16(11)12/h2-4,7,13H,5-6,8H2,1H3. The van der Waals surface area contributed by atoms with Crippen LogP contribution >= 0.6 is 0 Å². The lowest BCUT2D eigenvalue weighted by atomic mass is 10.2. The van der Waals surface area contributed by atoms with E-state index in [4.69, 9.17) is 0 Å². The van der Waals surface area contributed by atoms with Gasteiger partial charge in [-0.2, -0.15) is 0 Å². The van der Waals surface area contributed by atoms with E-state index < -0.39 is 9.84 Å². The highest BCUT2D eigenvalue weighted by Gasteiger charge is 2.17. The average molecular weight is 278 g/mol. The zero-order chi connectivity index (χ0) is 13.5. The maximum absolute atomic E-state index is 11.6. The van der Waals surface area contributed by atoms with Crippen molar-refractivity contribution in [1.82, 2.24) is 20.1 Å². The molecule has 0 aliphatic carbocycles. The van der Waals surface area contributed by atoms with Gasteiger partial charge in [-0.1, -0.05) is 12.1 Å². The van der Waals surface area contributed by atoms with Crippen LogP contribution < -0.4 is 5.32 Å². The molecule has 0 radical (unpaired) electrons. The number of aromatic nitrogens is 3. The third-order valence-corrected chi connectivity index (χ3v) is 4.25. The first-order valence-corrected chi connectivity index (χ1v) is 7.88. The topological polar surface area (TPSA) is 76.9 Å². The van der Waals surface area contributed by atoms with Crippen LogP contribution in [0.5, 0.6) is 0 Å². The lowest BCUT2D eigenvalue weighted by molar-refractivity contribution is 0.508. The molecule has 0 atom stereocenters. The molecule has 0 saturated heterocycles. The van der Waals surface area contributed by atoms with Crippen LogP contribution in [0.3, 0.4) is 0 Å². The molecule has 1 N–H and O–H groups in total. The van der Waals surface area contributed by atoms with Crippen molar-refractivity contribution < 1.29 is 8.42 Å². The van der Waals surface area contributed by atoms with Gasteiger partial charge in [0.15, 0.2) is 15.7 Å². The molecule has 19 heavy (non-hydrogen) atoms. The summed E-state index contributed by atoms with van der Waals surface area (Å²) in [5, 5.41) is 11.5. The van der Waals surface area contributed by atoms with E-state index in [1.165, 1.54) is 6.26 Å². The van der Waals surface area contributed by atoms with Crippen molar-refractivity contribution in [1.29, 1.82) is 0 Å². The number of nitrogens with zero attached hydrogens (tertiary/aromatic N) is 3. The number of fused-ring (bicyclic) bond motifs is 1. The van der Waals surface area contributed by atoms with Gasteiger partial charge >= 0.3 is 0 Å². The summed E-state index contributed by atoms with van der Waals surface area (Å²) in [5.74, 6) is 1.60. The number of sulfone groups is 1. The maximum Gasteiger partial charge on any atom is 0.175 e. The molecule has 2 heterocycles. The van der Waals surface area contributed by atoms with Gasteiger partial charge in [0, 0.05) is 24.9 Å². The monoisotopic (exact) mass is 278 g/mol. The number of nitrogens with one attached hydrogen (secondary N) is 1. The zero-order valence-corrected chi connectivity index (χ0v) is 11.3. The second-order valence-corrected chi connectivity index (χ2v) is 6.58. The molecular weight excluding hydrogens is 264 g/mol. The van der Waals surface area contributed by atoms with Crippen molar-refractivity contribution in [3.8, 4) is 11.4 Å². The summed E-state index contributed by atoms with van der Waals surface area (Å²) in [6, 6.07) is 6.82. The highest BCUT2D eigenvalue weighted by Crippen LogP contribution is 2.22. The molecule has 1 aromatic carbocycles. The van der Waals surface area contributed by atoms with Gasteiger partial charge in [0.1, 0.15) is 5.82 Å². The minimum Gasteiger partial charge on any atom is -0.309 e. The molecular formula is C12H14N4O2S. The molecule has 3 rings (SSSR count). The molecule has 100 valence electrons. The van der Waals surface area contributed by atoms with Crippen LogP contribution in [0.1, 0.15) is 5.82 Å². The Morgan fingerprint density at radius 3 is 2.95 bits per heavy atom. The summed E-state index contributed by atoms with van der Waals surface area (Å²) in [4.78, 5) is 0.302. The summed E-state index contributed by atoms with van der Waals surface area (Å²) < 4.78 is 25.2. The van der Waals surface area contributed by atoms with Gasteiger partial charge in [0.2, 0.25) is 0 Å². The minimum atomic E-state index is -3.21. The van der Waals surface area contributed by atoms with E-state index in [1.807, 2.05) is 10.6 Å². The Hall–Kier alpha value is -1.73. The van der Waals surface area contributed by atoms with Crippen LogP contribution in [0, 0.1) is 0 Å². The zero-order valence-electron chi connectivity index (χ0n) is 10.5. The third-order valence-electron chi connectivity index (χ3n) is 3.14. The van der Waals surface area contributed by atoms with Crippen molar-refractivity contribution in [2.75, 3.05) is 12.8 Å². The van der Waals surface area contributed by atoms with Crippen LogP contribution in [-0.4, -0.2) is 36.0 Å². The van der Waals surface area contributed by atoms with Crippen molar-refractivity contribution in [3.63, 3.8) is 0 Å². The van der Waals surface area contributed by atoms with Gasteiger partial charge in [-0.3, -0.25) is 0 Å². The van der Waals surface area contributed by atoms with E-state index in [-0.39, 0.29) is 0 Å². The van der Waals surface area contributed by atoms with Crippen LogP contribution in [0.4, 0.5) is 0 Å². The van der Waals surface area contributed by atoms with E-state index in [0.717, 1.165) is 30.3 Å². The van der Waals surface area contributed by atoms with Crippen LogP contribution in [0.25, 0.3) is 11.4 Å². The molecule has 1 aliphatic rings. The minimum absolute atomic E-state index is 0.302. The first-order chi connectivity index (χ1) is 9.05. The SMILES string of the molecule is CS(=O)(=O)c1cccc(-c2nnc3n2CCNC3)c1. The Kier molecular flexibility index (Phi) is 2.87. The Bertz CT molecular complexity index is 721. The largest absolute Gasteiger partial charge is 0.309 e. The highest BCUT2D eigenvalue weighted by atomic mass is 32.2. The first kappa shape index (κ1) is 12.3. The van der Waals surface area contributed by atoms with E-state index in [1.54, 1.807) is 18.2 Å². The fourth-order valence-corrected chi connectivity index (χ4v) is 2.84. The van der Waals surface area contributed by atoms with E-state index in [2.05, 4.69) is 15.5 Å². The summed E-state index contributed by atoms with van der Waals surface area (Å²) >= 11 is 0. The molecule has 0 saturated carbocycles. The molecule has 0 unspecified atom stereocenters. The number of benzene rings is 1. The molecule has 0 bridgehead atoms. The quantitative estimate of drug-likeness (QED) is 0.863. The number of hydrogen-bond acceptors (Lipinski definition) is 5. The van der Waals surface area contributed by atoms with Gasteiger partial charge in [0.05, 0.1) is 11.4 Å². The fourth-order valence-electron chi connectivity index (χ4n) is 2.17. The normalized spacial score (nSPS) is 15.2. The highest BCUT2D eigenvalue weighted by molar-refractivity contribution is 7.90. The first-order valence-electron chi connectivity index (χ1n) is 5.99. The second kappa shape index (κ2) is 4.43. The predicted octanol–water partition coefficient (Wildman–Crippen LogP) is 0.452. The number of rotatable bonds is 2. The molecule has 6 nitrogen and oxygen atoms in total. The summed E-state index contributed by atoms with van der Waals surface area (Å²) in [6.45, 7) is 2.35. The Labute approximate surface area is 111 Å². The smallest absolute Gasteiger partial charge is 0.175 e. The van der Waals surface area contributed by atoms with E-state index >= 15 is 0 Å². The summed E-state index contributed by atoms with van der Waals surface area (Å²) in [5.41, 5.74) is 0.781. The van der Waals surface area contributed by atoms with Crippen molar-refractivity contribution in [2.45, 2.75) is 18.0 Å². The summed E-state index contributed by atoms with van der Waals surface area (Å²) in [7, 11) is -3.21. The van der Waals surface area contributed by atoms with Crippen molar-refractivity contribution >= 4 is 9.84 Å². The van der Waals surface area contributed by atoms with Crippen LogP contribution in [-0.2, 0) is 22.9 Å². The van der Waals surface area contributed by atoms with Gasteiger partial charge in [-0.25, -0.2) is 8.42 Å². The molecule has 0 amide bonds. The molecule has 7 heteroatoms. The third kappa shape index (κ3) is 2.26. The second-order valence-electron chi connectivity index (χ2n) is 4.57.